The Bertz CT molecular complexity index is 549. The van der Waals surface area contributed by atoms with Gasteiger partial charge in [-0.15, -0.1) is 11.3 Å². The first-order valence-corrected chi connectivity index (χ1v) is 6.62. The van der Waals surface area contributed by atoms with Crippen LogP contribution in [0, 0.1) is 6.92 Å². The standard InChI is InChI=1S/C13H17N3OS/c1-9-10(11(17)15-13(2,3)4)14-12(18-9)16-7-5-6-8-16/h5-8H,1-4H3,(H,15,17). The molecule has 1 amide bonds. The summed E-state index contributed by atoms with van der Waals surface area (Å²) in [4.78, 5) is 17.4. The van der Waals surface area contributed by atoms with Crippen LogP contribution in [0.25, 0.3) is 5.13 Å². The highest BCUT2D eigenvalue weighted by molar-refractivity contribution is 7.14. The summed E-state index contributed by atoms with van der Waals surface area (Å²) in [6, 6.07) is 3.87. The molecule has 0 radical (unpaired) electrons. The summed E-state index contributed by atoms with van der Waals surface area (Å²) in [6.07, 6.45) is 3.84. The van der Waals surface area contributed by atoms with Crippen molar-refractivity contribution in [2.75, 3.05) is 0 Å². The Morgan fingerprint density at radius 3 is 2.50 bits per heavy atom. The number of rotatable bonds is 2. The molecule has 1 N–H and O–H groups in total. The highest BCUT2D eigenvalue weighted by Crippen LogP contribution is 2.21. The van der Waals surface area contributed by atoms with Gasteiger partial charge in [0.2, 0.25) is 0 Å². The van der Waals surface area contributed by atoms with Crippen LogP contribution >= 0.6 is 11.3 Å². The van der Waals surface area contributed by atoms with Gasteiger partial charge >= 0.3 is 0 Å². The Kier molecular flexibility index (Phi) is 3.26. The quantitative estimate of drug-likeness (QED) is 0.905. The lowest BCUT2D eigenvalue weighted by Crippen LogP contribution is -2.41. The minimum atomic E-state index is -0.249. The van der Waals surface area contributed by atoms with Crippen LogP contribution in [-0.2, 0) is 0 Å². The number of carbonyl (C=O) groups excluding carboxylic acids is 1. The summed E-state index contributed by atoms with van der Waals surface area (Å²) in [5, 5.41) is 3.75. The molecular weight excluding hydrogens is 246 g/mol. The van der Waals surface area contributed by atoms with Crippen molar-refractivity contribution in [1.29, 1.82) is 0 Å². The summed E-state index contributed by atoms with van der Waals surface area (Å²) in [5.74, 6) is -0.116. The van der Waals surface area contributed by atoms with E-state index in [1.54, 1.807) is 0 Å². The third-order valence-corrected chi connectivity index (χ3v) is 3.30. The van der Waals surface area contributed by atoms with Gasteiger partial charge < -0.3 is 9.88 Å². The van der Waals surface area contributed by atoms with E-state index in [2.05, 4.69) is 10.3 Å². The maximum absolute atomic E-state index is 12.1. The number of nitrogens with one attached hydrogen (secondary N) is 1. The van der Waals surface area contributed by atoms with Crippen molar-refractivity contribution >= 4 is 17.2 Å². The molecule has 2 heterocycles. The third-order valence-electron chi connectivity index (χ3n) is 2.31. The maximum atomic E-state index is 12.1. The number of aromatic nitrogens is 2. The molecular formula is C13H17N3OS. The average molecular weight is 263 g/mol. The van der Waals surface area contributed by atoms with E-state index >= 15 is 0 Å². The van der Waals surface area contributed by atoms with Crippen molar-refractivity contribution < 1.29 is 4.79 Å². The van der Waals surface area contributed by atoms with Gasteiger partial charge in [0.05, 0.1) is 0 Å². The van der Waals surface area contributed by atoms with Crippen LogP contribution in [0.3, 0.4) is 0 Å². The first-order chi connectivity index (χ1) is 8.37. The predicted molar refractivity (Wildman–Crippen MR) is 73.4 cm³/mol. The largest absolute Gasteiger partial charge is 0.346 e. The SMILES string of the molecule is Cc1sc(-n2cccc2)nc1C(=O)NC(C)(C)C. The fourth-order valence-corrected chi connectivity index (χ4v) is 2.44. The Balaban J connectivity index is 2.27. The lowest BCUT2D eigenvalue weighted by Gasteiger charge is -2.19. The van der Waals surface area contributed by atoms with Gasteiger partial charge in [0.15, 0.2) is 5.13 Å². The van der Waals surface area contributed by atoms with E-state index in [9.17, 15) is 4.79 Å². The number of carbonyl (C=O) groups is 1. The zero-order valence-electron chi connectivity index (χ0n) is 11.0. The fourth-order valence-electron chi connectivity index (χ4n) is 1.57. The number of aryl methyl sites for hydroxylation is 1. The molecule has 4 nitrogen and oxygen atoms in total. The molecule has 5 heteroatoms. The van der Waals surface area contributed by atoms with E-state index in [1.165, 1.54) is 11.3 Å². The van der Waals surface area contributed by atoms with E-state index in [0.29, 0.717) is 5.69 Å². The summed E-state index contributed by atoms with van der Waals surface area (Å²) >= 11 is 1.52. The predicted octanol–water partition coefficient (Wildman–Crippen LogP) is 2.77. The highest BCUT2D eigenvalue weighted by Gasteiger charge is 2.20. The molecule has 2 aromatic heterocycles. The van der Waals surface area contributed by atoms with Crippen LogP contribution in [0.15, 0.2) is 24.5 Å². The van der Waals surface area contributed by atoms with Crippen molar-refractivity contribution in [2.45, 2.75) is 33.2 Å². The van der Waals surface area contributed by atoms with Crippen LogP contribution in [0.1, 0.15) is 36.1 Å². The third kappa shape index (κ3) is 2.79. The van der Waals surface area contributed by atoms with E-state index < -0.39 is 0 Å². The lowest BCUT2D eigenvalue weighted by molar-refractivity contribution is 0.0914. The Labute approximate surface area is 111 Å². The summed E-state index contributed by atoms with van der Waals surface area (Å²) < 4.78 is 1.91. The molecule has 0 saturated heterocycles. The molecule has 0 aliphatic carbocycles. The van der Waals surface area contributed by atoms with Gasteiger partial charge in [0.25, 0.3) is 5.91 Å². The van der Waals surface area contributed by atoms with Crippen molar-refractivity contribution in [3.8, 4) is 5.13 Å². The number of hydrogen-bond acceptors (Lipinski definition) is 3. The minimum absolute atomic E-state index is 0.116. The van der Waals surface area contributed by atoms with E-state index in [4.69, 9.17) is 0 Å². The van der Waals surface area contributed by atoms with E-state index in [0.717, 1.165) is 10.0 Å². The lowest BCUT2D eigenvalue weighted by atomic mass is 10.1. The second kappa shape index (κ2) is 4.57. The molecule has 0 atom stereocenters. The highest BCUT2D eigenvalue weighted by atomic mass is 32.1. The Hall–Kier alpha value is -1.62. The first-order valence-electron chi connectivity index (χ1n) is 5.80. The van der Waals surface area contributed by atoms with Gasteiger partial charge in [-0.25, -0.2) is 4.98 Å². The monoisotopic (exact) mass is 263 g/mol. The second-order valence-corrected chi connectivity index (χ2v) is 6.38. The number of nitrogens with zero attached hydrogens (tertiary/aromatic N) is 2. The zero-order valence-corrected chi connectivity index (χ0v) is 11.8. The van der Waals surface area contributed by atoms with Crippen molar-refractivity contribution in [3.63, 3.8) is 0 Å². The van der Waals surface area contributed by atoms with Crippen molar-refractivity contribution in [2.24, 2.45) is 0 Å². The molecule has 96 valence electrons. The molecule has 0 bridgehead atoms. The topological polar surface area (TPSA) is 46.9 Å². The fraction of sp³-hybridized carbons (Fsp3) is 0.385. The maximum Gasteiger partial charge on any atom is 0.271 e. The number of hydrogen-bond donors (Lipinski definition) is 1. The number of thiazole rings is 1. The smallest absolute Gasteiger partial charge is 0.271 e. The summed E-state index contributed by atoms with van der Waals surface area (Å²) in [6.45, 7) is 7.79. The van der Waals surface area contributed by atoms with Crippen LogP contribution in [-0.4, -0.2) is 21.0 Å². The molecule has 18 heavy (non-hydrogen) atoms. The van der Waals surface area contributed by atoms with E-state index in [1.807, 2.05) is 56.8 Å². The average Bonchev–Trinajstić information content (AvgIpc) is 2.82. The van der Waals surface area contributed by atoms with Gasteiger partial charge in [-0.1, -0.05) is 0 Å². The Morgan fingerprint density at radius 2 is 1.94 bits per heavy atom. The normalized spacial score (nSPS) is 11.6. The molecule has 0 aliphatic heterocycles. The molecule has 0 aliphatic rings. The van der Waals surface area contributed by atoms with Crippen LogP contribution in [0.4, 0.5) is 0 Å². The van der Waals surface area contributed by atoms with Crippen LogP contribution in [0.5, 0.6) is 0 Å². The van der Waals surface area contributed by atoms with Crippen LogP contribution in [0.2, 0.25) is 0 Å². The molecule has 0 fully saturated rings. The van der Waals surface area contributed by atoms with Gasteiger partial charge in [0.1, 0.15) is 5.69 Å². The van der Waals surface area contributed by atoms with Crippen molar-refractivity contribution in [1.82, 2.24) is 14.9 Å². The van der Waals surface area contributed by atoms with E-state index in [-0.39, 0.29) is 11.4 Å². The van der Waals surface area contributed by atoms with Gasteiger partial charge in [0, 0.05) is 22.8 Å². The van der Waals surface area contributed by atoms with Gasteiger partial charge in [-0.05, 0) is 39.8 Å². The second-order valence-electron chi connectivity index (χ2n) is 5.20. The van der Waals surface area contributed by atoms with Crippen LogP contribution < -0.4 is 5.32 Å². The minimum Gasteiger partial charge on any atom is -0.346 e. The van der Waals surface area contributed by atoms with Gasteiger partial charge in [-0.3, -0.25) is 4.79 Å². The zero-order chi connectivity index (χ0) is 13.3. The molecule has 0 unspecified atom stereocenters. The molecule has 2 rings (SSSR count). The molecule has 0 aromatic carbocycles. The summed E-state index contributed by atoms with van der Waals surface area (Å²) in [5.41, 5.74) is 0.263. The Morgan fingerprint density at radius 1 is 1.33 bits per heavy atom. The number of amides is 1. The molecule has 2 aromatic rings. The first kappa shape index (κ1) is 12.8. The molecule has 0 saturated carbocycles. The van der Waals surface area contributed by atoms with Gasteiger partial charge in [-0.2, -0.15) is 0 Å². The molecule has 0 spiro atoms. The summed E-state index contributed by atoms with van der Waals surface area (Å²) in [7, 11) is 0. The van der Waals surface area contributed by atoms with Crippen molar-refractivity contribution in [3.05, 3.63) is 35.1 Å².